The van der Waals surface area contributed by atoms with Crippen LogP contribution in [0.15, 0.2) is 47.5 Å². The van der Waals surface area contributed by atoms with Crippen LogP contribution in [0, 0.1) is 0 Å². The smallest absolute Gasteiger partial charge is 0.361 e. The van der Waals surface area contributed by atoms with Crippen molar-refractivity contribution in [1.29, 1.82) is 0 Å². The van der Waals surface area contributed by atoms with Crippen molar-refractivity contribution in [2.24, 2.45) is 0 Å². The highest BCUT2D eigenvalue weighted by atomic mass is 35.5. The zero-order chi connectivity index (χ0) is 20.8. The van der Waals surface area contributed by atoms with Crippen molar-refractivity contribution in [2.75, 3.05) is 13.7 Å². The number of carbonyl (C=O) groups is 1. The van der Waals surface area contributed by atoms with E-state index in [0.717, 1.165) is 16.9 Å². The molecule has 0 saturated heterocycles. The number of rotatable bonds is 8. The van der Waals surface area contributed by atoms with Crippen LogP contribution >= 0.6 is 35.0 Å². The van der Waals surface area contributed by atoms with Gasteiger partial charge in [-0.15, -0.1) is 5.10 Å². The summed E-state index contributed by atoms with van der Waals surface area (Å²) >= 11 is 13.5. The van der Waals surface area contributed by atoms with Crippen LogP contribution in [0.2, 0.25) is 10.0 Å². The SMILES string of the molecule is CCOC(=O)c1nnn(Cc2ccc(OC)cc2)c1SCc1ccc(Cl)c(Cl)c1. The summed E-state index contributed by atoms with van der Waals surface area (Å²) in [7, 11) is 1.62. The maximum Gasteiger partial charge on any atom is 0.361 e. The average Bonchev–Trinajstić information content (AvgIpc) is 3.12. The molecule has 0 aliphatic heterocycles. The Balaban J connectivity index is 1.85. The molecule has 0 aliphatic rings. The van der Waals surface area contributed by atoms with Crippen LogP contribution in [0.3, 0.4) is 0 Å². The average molecular weight is 452 g/mol. The molecule has 0 unspecified atom stereocenters. The molecule has 2 aromatic carbocycles. The number of hydrogen-bond donors (Lipinski definition) is 0. The van der Waals surface area contributed by atoms with Crippen molar-refractivity contribution >= 4 is 40.9 Å². The molecule has 0 N–H and O–H groups in total. The van der Waals surface area contributed by atoms with E-state index in [1.54, 1.807) is 30.8 Å². The molecule has 3 rings (SSSR count). The number of benzene rings is 2. The van der Waals surface area contributed by atoms with Crippen LogP contribution in [-0.2, 0) is 17.0 Å². The van der Waals surface area contributed by atoms with E-state index in [1.807, 2.05) is 30.3 Å². The maximum atomic E-state index is 12.3. The normalized spacial score (nSPS) is 10.8. The molecule has 0 spiro atoms. The Labute approximate surface area is 183 Å². The first-order chi connectivity index (χ1) is 14.0. The summed E-state index contributed by atoms with van der Waals surface area (Å²) in [5.74, 6) is 0.845. The number of esters is 1. The predicted octanol–water partition coefficient (Wildman–Crippen LogP) is 5.11. The van der Waals surface area contributed by atoms with E-state index in [0.29, 0.717) is 27.4 Å². The van der Waals surface area contributed by atoms with Crippen molar-refractivity contribution in [1.82, 2.24) is 15.0 Å². The highest BCUT2D eigenvalue weighted by molar-refractivity contribution is 7.98. The fraction of sp³-hybridized carbons (Fsp3) is 0.250. The van der Waals surface area contributed by atoms with Crippen molar-refractivity contribution in [2.45, 2.75) is 24.2 Å². The predicted molar refractivity (Wildman–Crippen MR) is 114 cm³/mol. The number of carbonyl (C=O) groups excluding carboxylic acids is 1. The number of nitrogens with zero attached hydrogens (tertiary/aromatic N) is 3. The first-order valence-electron chi connectivity index (χ1n) is 8.82. The number of thioether (sulfide) groups is 1. The lowest BCUT2D eigenvalue weighted by Crippen LogP contribution is -2.08. The topological polar surface area (TPSA) is 66.2 Å². The van der Waals surface area contributed by atoms with Gasteiger partial charge in [0.15, 0.2) is 0 Å². The minimum absolute atomic E-state index is 0.199. The van der Waals surface area contributed by atoms with Crippen LogP contribution < -0.4 is 4.74 Å². The van der Waals surface area contributed by atoms with Gasteiger partial charge in [0.2, 0.25) is 5.69 Å². The van der Waals surface area contributed by atoms with E-state index in [-0.39, 0.29) is 12.3 Å². The van der Waals surface area contributed by atoms with E-state index in [9.17, 15) is 4.79 Å². The van der Waals surface area contributed by atoms with E-state index < -0.39 is 5.97 Å². The largest absolute Gasteiger partial charge is 0.497 e. The number of aromatic nitrogens is 3. The summed E-state index contributed by atoms with van der Waals surface area (Å²) in [5, 5.41) is 9.84. The lowest BCUT2D eigenvalue weighted by atomic mass is 10.2. The third-order valence-corrected chi connectivity index (χ3v) is 5.90. The Kier molecular flexibility index (Phi) is 7.41. The molecule has 0 bridgehead atoms. The van der Waals surface area contributed by atoms with Gasteiger partial charge >= 0.3 is 5.97 Å². The van der Waals surface area contributed by atoms with Gasteiger partial charge in [0.25, 0.3) is 0 Å². The van der Waals surface area contributed by atoms with Gasteiger partial charge in [0.1, 0.15) is 10.8 Å². The fourth-order valence-electron chi connectivity index (χ4n) is 2.56. The molecular formula is C20H19Cl2N3O3S. The summed E-state index contributed by atoms with van der Waals surface area (Å²) in [6, 6.07) is 13.1. The van der Waals surface area contributed by atoms with Gasteiger partial charge in [-0.25, -0.2) is 9.48 Å². The monoisotopic (exact) mass is 451 g/mol. The zero-order valence-electron chi connectivity index (χ0n) is 15.9. The summed E-state index contributed by atoms with van der Waals surface area (Å²) in [6.45, 7) is 2.48. The van der Waals surface area contributed by atoms with Crippen LogP contribution in [0.1, 0.15) is 28.5 Å². The van der Waals surface area contributed by atoms with E-state index in [1.165, 1.54) is 11.8 Å². The molecule has 3 aromatic rings. The van der Waals surface area contributed by atoms with Gasteiger partial charge in [0.05, 0.1) is 30.3 Å². The molecule has 1 heterocycles. The lowest BCUT2D eigenvalue weighted by molar-refractivity contribution is 0.0515. The fourth-order valence-corrected chi connectivity index (χ4v) is 3.88. The lowest BCUT2D eigenvalue weighted by Gasteiger charge is -2.09. The van der Waals surface area contributed by atoms with Crippen molar-refractivity contribution in [3.8, 4) is 5.75 Å². The maximum absolute atomic E-state index is 12.3. The first-order valence-corrected chi connectivity index (χ1v) is 10.6. The summed E-state index contributed by atoms with van der Waals surface area (Å²) in [4.78, 5) is 12.3. The second-order valence-corrected chi connectivity index (χ2v) is 7.78. The van der Waals surface area contributed by atoms with Gasteiger partial charge in [-0.05, 0) is 42.3 Å². The van der Waals surface area contributed by atoms with Crippen LogP contribution in [-0.4, -0.2) is 34.7 Å². The third-order valence-electron chi connectivity index (χ3n) is 4.01. The quantitative estimate of drug-likeness (QED) is 0.350. The van der Waals surface area contributed by atoms with E-state index in [2.05, 4.69) is 10.3 Å². The highest BCUT2D eigenvalue weighted by Crippen LogP contribution is 2.29. The van der Waals surface area contributed by atoms with Gasteiger partial charge in [0, 0.05) is 5.75 Å². The van der Waals surface area contributed by atoms with Crippen LogP contribution in [0.4, 0.5) is 0 Å². The number of methoxy groups -OCH3 is 1. The molecule has 0 fully saturated rings. The minimum Gasteiger partial charge on any atom is -0.497 e. The second-order valence-electron chi connectivity index (χ2n) is 6.01. The van der Waals surface area contributed by atoms with Gasteiger partial charge < -0.3 is 9.47 Å². The summed E-state index contributed by atoms with van der Waals surface area (Å²) in [6.07, 6.45) is 0. The molecule has 0 aliphatic carbocycles. The molecule has 9 heteroatoms. The standard InChI is InChI=1S/C20H19Cl2N3O3S/c1-3-28-20(26)18-19(29-12-14-6-9-16(21)17(22)10-14)25(24-23-18)11-13-4-7-15(27-2)8-5-13/h4-10H,3,11-12H2,1-2H3. The number of ether oxygens (including phenoxy) is 2. The Morgan fingerprint density at radius 3 is 2.48 bits per heavy atom. The Hall–Kier alpha value is -2.22. The van der Waals surface area contributed by atoms with Gasteiger partial charge in [-0.1, -0.05) is 58.4 Å². The molecule has 0 amide bonds. The molecule has 1 aromatic heterocycles. The van der Waals surface area contributed by atoms with Crippen molar-refractivity contribution in [3.05, 3.63) is 69.3 Å². The molecule has 0 atom stereocenters. The van der Waals surface area contributed by atoms with E-state index in [4.69, 9.17) is 32.7 Å². The second kappa shape index (κ2) is 10.0. The number of halogens is 2. The van der Waals surface area contributed by atoms with Crippen LogP contribution in [0.5, 0.6) is 5.75 Å². The van der Waals surface area contributed by atoms with Crippen LogP contribution in [0.25, 0.3) is 0 Å². The molecular weight excluding hydrogens is 433 g/mol. The Morgan fingerprint density at radius 2 is 1.83 bits per heavy atom. The van der Waals surface area contributed by atoms with Crippen molar-refractivity contribution in [3.63, 3.8) is 0 Å². The van der Waals surface area contributed by atoms with E-state index >= 15 is 0 Å². The Bertz CT molecular complexity index is 993. The van der Waals surface area contributed by atoms with Crippen molar-refractivity contribution < 1.29 is 14.3 Å². The molecule has 6 nitrogen and oxygen atoms in total. The highest BCUT2D eigenvalue weighted by Gasteiger charge is 2.22. The van der Waals surface area contributed by atoms with Gasteiger partial charge in [-0.3, -0.25) is 0 Å². The first kappa shape index (κ1) is 21.5. The molecule has 0 saturated carbocycles. The molecule has 29 heavy (non-hydrogen) atoms. The van der Waals surface area contributed by atoms with Gasteiger partial charge in [-0.2, -0.15) is 0 Å². The molecule has 0 radical (unpaired) electrons. The summed E-state index contributed by atoms with van der Waals surface area (Å²) in [5.41, 5.74) is 2.17. The Morgan fingerprint density at radius 1 is 1.10 bits per heavy atom. The minimum atomic E-state index is -0.495. The zero-order valence-corrected chi connectivity index (χ0v) is 18.2. The third kappa shape index (κ3) is 5.44. The summed E-state index contributed by atoms with van der Waals surface area (Å²) < 4.78 is 12.0. The molecule has 152 valence electrons. The number of hydrogen-bond acceptors (Lipinski definition) is 6.